The van der Waals surface area contributed by atoms with Crippen molar-refractivity contribution in [3.8, 4) is 0 Å². The third-order valence-corrected chi connectivity index (χ3v) is 6.59. The summed E-state index contributed by atoms with van der Waals surface area (Å²) in [5.74, 6) is 1.48. The van der Waals surface area contributed by atoms with Crippen LogP contribution in [0.15, 0.2) is 23.2 Å². The molecule has 1 amide bonds. The van der Waals surface area contributed by atoms with Crippen LogP contribution in [0.1, 0.15) is 24.8 Å². The van der Waals surface area contributed by atoms with E-state index in [9.17, 15) is 4.79 Å². The van der Waals surface area contributed by atoms with Crippen LogP contribution in [-0.4, -0.2) is 82.1 Å². The zero-order valence-electron chi connectivity index (χ0n) is 18.5. The SMILES string of the molecule is CN=C(NCc1c(Cl)cccc1N1CCN(C)CC1)N1CCC(CC(=O)NC)CC1. The highest BCUT2D eigenvalue weighted by Gasteiger charge is 2.24. The Bertz CT molecular complexity index is 739. The lowest BCUT2D eigenvalue weighted by atomic mass is 9.93. The first-order valence-electron chi connectivity index (χ1n) is 10.9. The first-order chi connectivity index (χ1) is 14.5. The third-order valence-electron chi connectivity index (χ3n) is 6.24. The summed E-state index contributed by atoms with van der Waals surface area (Å²) in [6.45, 7) is 6.61. The smallest absolute Gasteiger partial charge is 0.220 e. The summed E-state index contributed by atoms with van der Waals surface area (Å²) < 4.78 is 0. The Morgan fingerprint density at radius 3 is 2.50 bits per heavy atom. The molecule has 0 radical (unpaired) electrons. The van der Waals surface area contributed by atoms with Gasteiger partial charge in [-0.2, -0.15) is 0 Å². The number of piperidine rings is 1. The van der Waals surface area contributed by atoms with E-state index in [0.717, 1.165) is 68.7 Å². The maximum Gasteiger partial charge on any atom is 0.220 e. The number of aliphatic imine (C=N–C) groups is 1. The topological polar surface area (TPSA) is 63.2 Å². The Hall–Kier alpha value is -1.99. The number of hydrogen-bond donors (Lipinski definition) is 2. The van der Waals surface area contributed by atoms with Crippen molar-refractivity contribution in [3.05, 3.63) is 28.8 Å². The van der Waals surface area contributed by atoms with Crippen molar-refractivity contribution < 1.29 is 4.79 Å². The van der Waals surface area contributed by atoms with E-state index in [2.05, 4.69) is 43.4 Å². The predicted molar refractivity (Wildman–Crippen MR) is 124 cm³/mol. The minimum atomic E-state index is 0.131. The van der Waals surface area contributed by atoms with E-state index in [-0.39, 0.29) is 5.91 Å². The second-order valence-electron chi connectivity index (χ2n) is 8.24. The average molecular weight is 435 g/mol. The molecule has 0 bridgehead atoms. The molecular formula is C22H35ClN6O. The first kappa shape index (κ1) is 22.7. The molecule has 0 aromatic heterocycles. The van der Waals surface area contributed by atoms with Gasteiger partial charge in [0.15, 0.2) is 5.96 Å². The molecule has 2 heterocycles. The normalized spacial score (nSPS) is 19.1. The molecule has 1 aromatic carbocycles. The fourth-order valence-electron chi connectivity index (χ4n) is 4.28. The van der Waals surface area contributed by atoms with Gasteiger partial charge in [-0.25, -0.2) is 0 Å². The van der Waals surface area contributed by atoms with Crippen molar-refractivity contribution >= 4 is 29.2 Å². The summed E-state index contributed by atoms with van der Waals surface area (Å²) in [6, 6.07) is 6.16. The van der Waals surface area contributed by atoms with E-state index in [1.807, 2.05) is 19.2 Å². The van der Waals surface area contributed by atoms with Gasteiger partial charge in [-0.3, -0.25) is 9.79 Å². The first-order valence-corrected chi connectivity index (χ1v) is 11.3. The van der Waals surface area contributed by atoms with Gasteiger partial charge in [0.05, 0.1) is 0 Å². The number of rotatable bonds is 5. The molecule has 0 unspecified atom stereocenters. The van der Waals surface area contributed by atoms with E-state index in [1.165, 1.54) is 5.69 Å². The number of guanidine groups is 1. The van der Waals surface area contributed by atoms with Crippen molar-refractivity contribution in [3.63, 3.8) is 0 Å². The average Bonchev–Trinajstić information content (AvgIpc) is 2.76. The van der Waals surface area contributed by atoms with Gasteiger partial charge in [0.25, 0.3) is 0 Å². The van der Waals surface area contributed by atoms with E-state index in [0.29, 0.717) is 18.9 Å². The van der Waals surface area contributed by atoms with E-state index in [1.54, 1.807) is 7.05 Å². The summed E-state index contributed by atoms with van der Waals surface area (Å²) in [7, 11) is 5.70. The quantitative estimate of drug-likeness (QED) is 0.548. The summed E-state index contributed by atoms with van der Waals surface area (Å²) in [6.07, 6.45) is 2.63. The van der Waals surface area contributed by atoms with Gasteiger partial charge >= 0.3 is 0 Å². The van der Waals surface area contributed by atoms with Crippen LogP contribution in [0.3, 0.4) is 0 Å². The van der Waals surface area contributed by atoms with Crippen molar-refractivity contribution in [2.24, 2.45) is 10.9 Å². The van der Waals surface area contributed by atoms with Gasteiger partial charge in [0, 0.05) is 82.6 Å². The number of likely N-dealkylation sites (N-methyl/N-ethyl adjacent to an activating group) is 1. The fraction of sp³-hybridized carbons (Fsp3) is 0.636. The lowest BCUT2D eigenvalue weighted by molar-refractivity contribution is -0.121. The molecule has 2 aliphatic rings. The molecule has 7 nitrogen and oxygen atoms in total. The molecule has 30 heavy (non-hydrogen) atoms. The van der Waals surface area contributed by atoms with Gasteiger partial charge in [-0.1, -0.05) is 17.7 Å². The molecule has 0 aliphatic carbocycles. The molecule has 8 heteroatoms. The van der Waals surface area contributed by atoms with Gasteiger partial charge in [-0.15, -0.1) is 0 Å². The summed E-state index contributed by atoms with van der Waals surface area (Å²) in [5.41, 5.74) is 2.34. The standard InChI is InChI=1S/C22H35ClN6O/c1-24-21(30)15-17-7-9-29(10-8-17)22(25-2)26-16-18-19(23)5-4-6-20(18)28-13-11-27(3)12-14-28/h4-6,17H,7-16H2,1-3H3,(H,24,30)(H,25,26). The molecule has 0 saturated carbocycles. The molecule has 0 atom stereocenters. The van der Waals surface area contributed by atoms with Crippen molar-refractivity contribution in [2.75, 3.05) is 65.3 Å². The monoisotopic (exact) mass is 434 g/mol. The number of carbonyl (C=O) groups excluding carboxylic acids is 1. The van der Waals surface area contributed by atoms with Gasteiger partial charge in [0.2, 0.25) is 5.91 Å². The number of amides is 1. The van der Waals surface area contributed by atoms with Crippen LogP contribution in [0.2, 0.25) is 5.02 Å². The molecule has 2 N–H and O–H groups in total. The molecule has 166 valence electrons. The third kappa shape index (κ3) is 5.79. The zero-order valence-corrected chi connectivity index (χ0v) is 19.2. The van der Waals surface area contributed by atoms with Gasteiger partial charge in [0.1, 0.15) is 0 Å². The van der Waals surface area contributed by atoms with Crippen LogP contribution in [-0.2, 0) is 11.3 Å². The maximum atomic E-state index is 11.6. The van der Waals surface area contributed by atoms with Gasteiger partial charge in [-0.05, 0) is 37.9 Å². The summed E-state index contributed by atoms with van der Waals surface area (Å²) in [5, 5.41) is 7.04. The van der Waals surface area contributed by atoms with Gasteiger partial charge < -0.3 is 25.3 Å². The maximum absolute atomic E-state index is 11.6. The number of halogens is 1. The lowest BCUT2D eigenvalue weighted by Gasteiger charge is -2.36. The lowest BCUT2D eigenvalue weighted by Crippen LogP contribution is -2.46. The van der Waals surface area contributed by atoms with Crippen LogP contribution < -0.4 is 15.5 Å². The molecule has 0 spiro atoms. The highest BCUT2D eigenvalue weighted by molar-refractivity contribution is 6.31. The number of benzene rings is 1. The molecule has 2 fully saturated rings. The summed E-state index contributed by atoms with van der Waals surface area (Å²) >= 11 is 6.60. The van der Waals surface area contributed by atoms with Crippen molar-refractivity contribution in [2.45, 2.75) is 25.8 Å². The second kappa shape index (κ2) is 10.9. The van der Waals surface area contributed by atoms with Crippen LogP contribution in [0.4, 0.5) is 5.69 Å². The van der Waals surface area contributed by atoms with Crippen LogP contribution in [0, 0.1) is 5.92 Å². The number of anilines is 1. The number of carbonyl (C=O) groups is 1. The summed E-state index contributed by atoms with van der Waals surface area (Å²) in [4.78, 5) is 23.2. The number of nitrogens with one attached hydrogen (secondary N) is 2. The molecular weight excluding hydrogens is 400 g/mol. The predicted octanol–water partition coefficient (Wildman–Crippen LogP) is 2.02. The highest BCUT2D eigenvalue weighted by Crippen LogP contribution is 2.28. The Morgan fingerprint density at radius 1 is 1.17 bits per heavy atom. The fourth-order valence-corrected chi connectivity index (χ4v) is 4.52. The van der Waals surface area contributed by atoms with Crippen LogP contribution >= 0.6 is 11.6 Å². The minimum absolute atomic E-state index is 0.131. The van der Waals surface area contributed by atoms with E-state index in [4.69, 9.17) is 11.6 Å². The van der Waals surface area contributed by atoms with Crippen molar-refractivity contribution in [1.82, 2.24) is 20.4 Å². The van der Waals surface area contributed by atoms with E-state index >= 15 is 0 Å². The number of hydrogen-bond acceptors (Lipinski definition) is 4. The Morgan fingerprint density at radius 2 is 1.87 bits per heavy atom. The van der Waals surface area contributed by atoms with Crippen LogP contribution in [0.5, 0.6) is 0 Å². The van der Waals surface area contributed by atoms with Crippen LogP contribution in [0.25, 0.3) is 0 Å². The number of piperazine rings is 1. The zero-order chi connectivity index (χ0) is 21.5. The highest BCUT2D eigenvalue weighted by atomic mass is 35.5. The Kier molecular flexibility index (Phi) is 8.22. The molecule has 2 saturated heterocycles. The van der Waals surface area contributed by atoms with E-state index < -0.39 is 0 Å². The Labute approximate surface area is 185 Å². The Balaban J connectivity index is 1.60. The molecule has 2 aliphatic heterocycles. The largest absolute Gasteiger partial charge is 0.369 e. The van der Waals surface area contributed by atoms with Crippen molar-refractivity contribution in [1.29, 1.82) is 0 Å². The number of likely N-dealkylation sites (tertiary alicyclic amines) is 1. The second-order valence-corrected chi connectivity index (χ2v) is 8.64. The molecule has 3 rings (SSSR count). The molecule has 1 aromatic rings. The number of nitrogens with zero attached hydrogens (tertiary/aromatic N) is 4. The minimum Gasteiger partial charge on any atom is -0.369 e.